The van der Waals surface area contributed by atoms with E-state index in [0.717, 1.165) is 12.1 Å². The summed E-state index contributed by atoms with van der Waals surface area (Å²) in [4.78, 5) is 20.3. The van der Waals surface area contributed by atoms with Crippen molar-refractivity contribution in [2.24, 2.45) is 0 Å². The molecule has 0 atom stereocenters. The zero-order valence-corrected chi connectivity index (χ0v) is 16.0. The zero-order chi connectivity index (χ0) is 22.2. The summed E-state index contributed by atoms with van der Waals surface area (Å²) < 4.78 is 44.8. The molecule has 3 aromatic heterocycles. The average Bonchev–Trinajstić information content (AvgIpc) is 3.36. The van der Waals surface area contributed by atoms with Gasteiger partial charge in [-0.2, -0.15) is 18.3 Å². The molecular weight excluding hydrogens is 413 g/mol. The van der Waals surface area contributed by atoms with Gasteiger partial charge >= 0.3 is 6.18 Å². The first-order chi connectivity index (χ1) is 14.8. The Morgan fingerprint density at radius 1 is 1.16 bits per heavy atom. The van der Waals surface area contributed by atoms with Crippen LogP contribution in [0.5, 0.6) is 0 Å². The molecule has 4 aromatic rings. The third kappa shape index (κ3) is 3.84. The van der Waals surface area contributed by atoms with Crippen LogP contribution in [-0.2, 0) is 6.18 Å². The number of aryl methyl sites for hydroxylation is 1. The Morgan fingerprint density at radius 3 is 2.58 bits per heavy atom. The van der Waals surface area contributed by atoms with Crippen LogP contribution >= 0.6 is 0 Å². The third-order valence-electron chi connectivity index (χ3n) is 4.49. The zero-order valence-electron chi connectivity index (χ0n) is 16.0. The molecule has 8 nitrogen and oxygen atoms in total. The van der Waals surface area contributed by atoms with Gasteiger partial charge in [0.1, 0.15) is 17.2 Å². The fraction of sp³-hybridized carbons (Fsp3) is 0.100. The summed E-state index contributed by atoms with van der Waals surface area (Å²) in [7, 11) is 0. The van der Waals surface area contributed by atoms with Crippen molar-refractivity contribution in [2.75, 3.05) is 11.1 Å². The number of oxazole rings is 1. The number of nitrogens with zero attached hydrogens (tertiary/aromatic N) is 4. The van der Waals surface area contributed by atoms with Gasteiger partial charge in [-0.25, -0.2) is 14.6 Å². The minimum atomic E-state index is -4.52. The second-order valence-electron chi connectivity index (χ2n) is 6.52. The van der Waals surface area contributed by atoms with Crippen molar-refractivity contribution in [2.45, 2.75) is 13.1 Å². The molecule has 0 aliphatic rings. The van der Waals surface area contributed by atoms with E-state index in [-0.39, 0.29) is 17.2 Å². The van der Waals surface area contributed by atoms with Crippen molar-refractivity contribution in [1.82, 2.24) is 19.7 Å². The standard InChI is InChI=1S/C20H15F3N6O2/c1-11-17(19(30)27-16-7-6-12(8-26-16)20(21,22)23)18(24)29(28-11)14-5-3-2-4-13(14)15-9-25-10-31-15/h2-10H,24H2,1H3,(H,26,27,30). The molecule has 0 fully saturated rings. The predicted molar refractivity (Wildman–Crippen MR) is 105 cm³/mol. The highest BCUT2D eigenvalue weighted by Crippen LogP contribution is 2.31. The molecule has 0 radical (unpaired) electrons. The Balaban J connectivity index is 1.66. The summed E-state index contributed by atoms with van der Waals surface area (Å²) in [5, 5.41) is 6.81. The number of rotatable bonds is 4. The van der Waals surface area contributed by atoms with Gasteiger partial charge in [-0.05, 0) is 31.2 Å². The molecule has 0 aliphatic heterocycles. The lowest BCUT2D eigenvalue weighted by atomic mass is 10.1. The number of para-hydroxylation sites is 1. The highest BCUT2D eigenvalue weighted by atomic mass is 19.4. The van der Waals surface area contributed by atoms with E-state index in [2.05, 4.69) is 20.4 Å². The quantitative estimate of drug-likeness (QED) is 0.507. The van der Waals surface area contributed by atoms with E-state index in [4.69, 9.17) is 10.2 Å². The lowest BCUT2D eigenvalue weighted by Gasteiger charge is -2.10. The van der Waals surface area contributed by atoms with E-state index < -0.39 is 17.6 Å². The number of halogens is 3. The van der Waals surface area contributed by atoms with Crippen LogP contribution in [0.15, 0.2) is 59.6 Å². The number of pyridine rings is 1. The number of hydrogen-bond acceptors (Lipinski definition) is 6. The summed E-state index contributed by atoms with van der Waals surface area (Å²) >= 11 is 0. The molecule has 4 rings (SSSR count). The Morgan fingerprint density at radius 2 is 1.94 bits per heavy atom. The van der Waals surface area contributed by atoms with Crippen LogP contribution in [0.2, 0.25) is 0 Å². The molecular formula is C20H15F3N6O2. The smallest absolute Gasteiger partial charge is 0.417 e. The number of carbonyl (C=O) groups excluding carboxylic acids is 1. The Kier molecular flexibility index (Phi) is 4.93. The van der Waals surface area contributed by atoms with E-state index in [0.29, 0.717) is 28.9 Å². The molecule has 11 heteroatoms. The molecule has 3 heterocycles. The molecule has 1 aromatic carbocycles. The second kappa shape index (κ2) is 7.59. The van der Waals surface area contributed by atoms with Crippen LogP contribution in [0.4, 0.5) is 24.8 Å². The molecule has 31 heavy (non-hydrogen) atoms. The molecule has 0 aliphatic carbocycles. The van der Waals surface area contributed by atoms with Gasteiger partial charge in [0, 0.05) is 11.8 Å². The fourth-order valence-corrected chi connectivity index (χ4v) is 3.04. The van der Waals surface area contributed by atoms with Crippen molar-refractivity contribution < 1.29 is 22.4 Å². The number of anilines is 2. The van der Waals surface area contributed by atoms with Gasteiger partial charge in [0.25, 0.3) is 5.91 Å². The van der Waals surface area contributed by atoms with Gasteiger partial charge in [-0.15, -0.1) is 0 Å². The number of nitrogen functional groups attached to an aromatic ring is 1. The molecule has 0 spiro atoms. The number of aromatic nitrogens is 4. The van der Waals surface area contributed by atoms with Gasteiger partial charge in [-0.1, -0.05) is 12.1 Å². The molecule has 0 bridgehead atoms. The van der Waals surface area contributed by atoms with Gasteiger partial charge < -0.3 is 15.5 Å². The van der Waals surface area contributed by atoms with Crippen molar-refractivity contribution in [3.8, 4) is 17.0 Å². The topological polar surface area (TPSA) is 112 Å². The summed E-state index contributed by atoms with van der Waals surface area (Å²) in [6, 6.07) is 9.01. The Labute approximate surface area is 173 Å². The number of alkyl halides is 3. The number of benzene rings is 1. The van der Waals surface area contributed by atoms with Crippen LogP contribution in [0.3, 0.4) is 0 Å². The summed E-state index contributed by atoms with van der Waals surface area (Å²) in [5.74, 6) is -0.158. The number of nitrogens with two attached hydrogens (primary N) is 1. The predicted octanol–water partition coefficient (Wildman–Crippen LogP) is 4.08. The van der Waals surface area contributed by atoms with Gasteiger partial charge in [0.15, 0.2) is 12.2 Å². The summed E-state index contributed by atoms with van der Waals surface area (Å²) in [5.41, 5.74) is 6.93. The highest BCUT2D eigenvalue weighted by molar-refractivity contribution is 6.08. The van der Waals surface area contributed by atoms with Gasteiger partial charge in [0.2, 0.25) is 0 Å². The Hall–Kier alpha value is -4.15. The second-order valence-corrected chi connectivity index (χ2v) is 6.52. The number of hydrogen-bond donors (Lipinski definition) is 2. The maximum atomic E-state index is 12.8. The first-order valence-corrected chi connectivity index (χ1v) is 8.93. The SMILES string of the molecule is Cc1nn(-c2ccccc2-c2cnco2)c(N)c1C(=O)Nc1ccc(C(F)(F)F)cn1. The first kappa shape index (κ1) is 20.1. The van der Waals surface area contributed by atoms with E-state index >= 15 is 0 Å². The van der Waals surface area contributed by atoms with Crippen molar-refractivity contribution >= 4 is 17.5 Å². The van der Waals surface area contributed by atoms with E-state index in [1.807, 2.05) is 0 Å². The molecule has 3 N–H and O–H groups in total. The summed E-state index contributed by atoms with van der Waals surface area (Å²) in [6.07, 6.45) is -1.05. The van der Waals surface area contributed by atoms with Crippen LogP contribution in [0, 0.1) is 6.92 Å². The van der Waals surface area contributed by atoms with Crippen LogP contribution in [0.1, 0.15) is 21.6 Å². The van der Waals surface area contributed by atoms with Crippen molar-refractivity contribution in [3.63, 3.8) is 0 Å². The van der Waals surface area contributed by atoms with Crippen molar-refractivity contribution in [3.05, 3.63) is 72.0 Å². The van der Waals surface area contributed by atoms with Crippen LogP contribution < -0.4 is 11.1 Å². The van der Waals surface area contributed by atoms with Crippen molar-refractivity contribution in [1.29, 1.82) is 0 Å². The molecule has 158 valence electrons. The summed E-state index contributed by atoms with van der Waals surface area (Å²) in [6.45, 7) is 1.60. The first-order valence-electron chi connectivity index (χ1n) is 8.93. The molecule has 1 amide bonds. The van der Waals surface area contributed by atoms with E-state index in [1.54, 1.807) is 31.2 Å². The minimum Gasteiger partial charge on any atom is -0.443 e. The van der Waals surface area contributed by atoms with E-state index in [9.17, 15) is 18.0 Å². The average molecular weight is 428 g/mol. The molecule has 0 unspecified atom stereocenters. The number of amides is 1. The van der Waals surface area contributed by atoms with Crippen LogP contribution in [0.25, 0.3) is 17.0 Å². The number of nitrogens with one attached hydrogen (secondary N) is 1. The number of carbonyl (C=O) groups is 1. The van der Waals surface area contributed by atoms with E-state index in [1.165, 1.54) is 17.3 Å². The maximum absolute atomic E-state index is 12.8. The maximum Gasteiger partial charge on any atom is 0.417 e. The van der Waals surface area contributed by atoms with Crippen LogP contribution in [-0.4, -0.2) is 25.7 Å². The van der Waals surface area contributed by atoms with Gasteiger partial charge in [-0.3, -0.25) is 4.79 Å². The molecule has 0 saturated carbocycles. The Bertz CT molecular complexity index is 1230. The lowest BCUT2D eigenvalue weighted by Crippen LogP contribution is -2.16. The highest BCUT2D eigenvalue weighted by Gasteiger charge is 2.31. The third-order valence-corrected chi connectivity index (χ3v) is 4.49. The minimum absolute atomic E-state index is 0.0494. The lowest BCUT2D eigenvalue weighted by molar-refractivity contribution is -0.137. The monoisotopic (exact) mass is 428 g/mol. The fourth-order valence-electron chi connectivity index (χ4n) is 3.04. The molecule has 0 saturated heterocycles. The van der Waals surface area contributed by atoms with Gasteiger partial charge in [0.05, 0.1) is 23.1 Å². The normalized spacial score (nSPS) is 11.5. The largest absolute Gasteiger partial charge is 0.443 e.